The van der Waals surface area contributed by atoms with Crippen LogP contribution in [0, 0.1) is 0 Å². The second-order valence-corrected chi connectivity index (χ2v) is 5.06. The van der Waals surface area contributed by atoms with E-state index in [-0.39, 0.29) is 5.91 Å². The highest BCUT2D eigenvalue weighted by Gasteiger charge is 2.22. The Bertz CT molecular complexity index is 457. The predicted molar refractivity (Wildman–Crippen MR) is 81.8 cm³/mol. The normalized spacial score (nSPS) is 16.0. The fourth-order valence-electron chi connectivity index (χ4n) is 2.45. The molecule has 0 spiro atoms. The zero-order chi connectivity index (χ0) is 15.1. The molecule has 1 aromatic carbocycles. The molecule has 116 valence electrons. The SMILES string of the molecule is CCOCCN1CCN(C(=O)c2cccc(OC)c2)CC1. The van der Waals surface area contributed by atoms with E-state index in [9.17, 15) is 4.79 Å². The van der Waals surface area contributed by atoms with Crippen molar-refractivity contribution in [3.05, 3.63) is 29.8 Å². The lowest BCUT2D eigenvalue weighted by Gasteiger charge is -2.34. The number of carbonyl (C=O) groups is 1. The van der Waals surface area contributed by atoms with Crippen LogP contribution in [0.1, 0.15) is 17.3 Å². The van der Waals surface area contributed by atoms with Crippen LogP contribution < -0.4 is 4.74 Å². The first kappa shape index (κ1) is 15.8. The molecule has 0 bridgehead atoms. The summed E-state index contributed by atoms with van der Waals surface area (Å²) in [6.07, 6.45) is 0. The van der Waals surface area contributed by atoms with Crippen molar-refractivity contribution in [1.82, 2.24) is 9.80 Å². The van der Waals surface area contributed by atoms with E-state index in [4.69, 9.17) is 9.47 Å². The standard InChI is InChI=1S/C16H24N2O3/c1-3-21-12-11-17-7-9-18(10-8-17)16(19)14-5-4-6-15(13-14)20-2/h4-6,13H,3,7-12H2,1-2H3. The lowest BCUT2D eigenvalue weighted by molar-refractivity contribution is 0.0564. The minimum absolute atomic E-state index is 0.0818. The molecule has 1 aromatic rings. The van der Waals surface area contributed by atoms with Crippen LogP contribution in [0.4, 0.5) is 0 Å². The van der Waals surface area contributed by atoms with Gasteiger partial charge < -0.3 is 14.4 Å². The molecule has 1 aliphatic rings. The topological polar surface area (TPSA) is 42.0 Å². The van der Waals surface area contributed by atoms with Crippen LogP contribution in [0.3, 0.4) is 0 Å². The average Bonchev–Trinajstić information content (AvgIpc) is 2.55. The number of hydrogen-bond acceptors (Lipinski definition) is 4. The van der Waals surface area contributed by atoms with Gasteiger partial charge in [0.15, 0.2) is 0 Å². The van der Waals surface area contributed by atoms with E-state index in [0.29, 0.717) is 5.56 Å². The van der Waals surface area contributed by atoms with Gasteiger partial charge in [0.25, 0.3) is 5.91 Å². The van der Waals surface area contributed by atoms with Crippen molar-refractivity contribution in [2.24, 2.45) is 0 Å². The largest absolute Gasteiger partial charge is 0.497 e. The van der Waals surface area contributed by atoms with E-state index in [0.717, 1.165) is 51.7 Å². The number of piperazine rings is 1. The molecular formula is C16H24N2O3. The van der Waals surface area contributed by atoms with E-state index in [1.54, 1.807) is 13.2 Å². The zero-order valence-electron chi connectivity index (χ0n) is 12.9. The zero-order valence-corrected chi connectivity index (χ0v) is 12.9. The number of hydrogen-bond donors (Lipinski definition) is 0. The van der Waals surface area contributed by atoms with Gasteiger partial charge in [-0.05, 0) is 25.1 Å². The predicted octanol–water partition coefficient (Wildman–Crippen LogP) is 1.49. The monoisotopic (exact) mass is 292 g/mol. The van der Waals surface area contributed by atoms with Crippen LogP contribution in [0.15, 0.2) is 24.3 Å². The molecule has 1 fully saturated rings. The number of rotatable bonds is 6. The van der Waals surface area contributed by atoms with Crippen LogP contribution >= 0.6 is 0 Å². The van der Waals surface area contributed by atoms with Crippen molar-refractivity contribution in [1.29, 1.82) is 0 Å². The molecule has 2 rings (SSSR count). The van der Waals surface area contributed by atoms with Crippen LogP contribution in [-0.4, -0.2) is 68.8 Å². The maximum absolute atomic E-state index is 12.5. The molecule has 21 heavy (non-hydrogen) atoms. The maximum Gasteiger partial charge on any atom is 0.254 e. The molecule has 0 aromatic heterocycles. The van der Waals surface area contributed by atoms with Gasteiger partial charge in [0.1, 0.15) is 5.75 Å². The Balaban J connectivity index is 1.85. The first-order valence-corrected chi connectivity index (χ1v) is 7.48. The van der Waals surface area contributed by atoms with Crippen molar-refractivity contribution in [2.45, 2.75) is 6.92 Å². The van der Waals surface area contributed by atoms with Crippen LogP contribution in [-0.2, 0) is 4.74 Å². The minimum atomic E-state index is 0.0818. The highest BCUT2D eigenvalue weighted by molar-refractivity contribution is 5.94. The summed E-state index contributed by atoms with van der Waals surface area (Å²) >= 11 is 0. The first-order valence-electron chi connectivity index (χ1n) is 7.48. The van der Waals surface area contributed by atoms with Crippen molar-refractivity contribution in [3.63, 3.8) is 0 Å². The first-order chi connectivity index (χ1) is 10.2. The average molecular weight is 292 g/mol. The summed E-state index contributed by atoms with van der Waals surface area (Å²) in [4.78, 5) is 16.7. The third kappa shape index (κ3) is 4.44. The quantitative estimate of drug-likeness (QED) is 0.745. The molecule has 1 heterocycles. The summed E-state index contributed by atoms with van der Waals surface area (Å²) in [7, 11) is 1.61. The fraction of sp³-hybridized carbons (Fsp3) is 0.562. The van der Waals surface area contributed by atoms with Crippen LogP contribution in [0.5, 0.6) is 5.75 Å². The summed E-state index contributed by atoms with van der Waals surface area (Å²) < 4.78 is 10.5. The molecule has 0 atom stereocenters. The van der Waals surface area contributed by atoms with Crippen LogP contribution in [0.25, 0.3) is 0 Å². The lowest BCUT2D eigenvalue weighted by Crippen LogP contribution is -2.49. The van der Waals surface area contributed by atoms with Gasteiger partial charge in [0.05, 0.1) is 13.7 Å². The Morgan fingerprint density at radius 2 is 2.00 bits per heavy atom. The second-order valence-electron chi connectivity index (χ2n) is 5.06. The molecule has 1 amide bonds. The summed E-state index contributed by atoms with van der Waals surface area (Å²) in [6, 6.07) is 7.34. The second kappa shape index (κ2) is 8.00. The molecular weight excluding hydrogens is 268 g/mol. The number of benzene rings is 1. The van der Waals surface area contributed by atoms with Crippen molar-refractivity contribution in [2.75, 3.05) is 53.0 Å². The van der Waals surface area contributed by atoms with Gasteiger partial charge in [-0.15, -0.1) is 0 Å². The molecule has 5 heteroatoms. The summed E-state index contributed by atoms with van der Waals surface area (Å²) in [5.74, 6) is 0.801. The van der Waals surface area contributed by atoms with Crippen molar-refractivity contribution >= 4 is 5.91 Å². The Kier molecular flexibility index (Phi) is 6.02. The Labute approximate surface area is 126 Å². The Morgan fingerprint density at radius 3 is 2.67 bits per heavy atom. The third-order valence-electron chi connectivity index (χ3n) is 3.73. The van der Waals surface area contributed by atoms with Gasteiger partial charge in [0, 0.05) is 44.9 Å². The van der Waals surface area contributed by atoms with E-state index in [2.05, 4.69) is 4.90 Å². The van der Waals surface area contributed by atoms with E-state index in [1.807, 2.05) is 30.0 Å². The smallest absolute Gasteiger partial charge is 0.254 e. The van der Waals surface area contributed by atoms with Gasteiger partial charge in [-0.1, -0.05) is 6.07 Å². The molecule has 1 saturated heterocycles. The van der Waals surface area contributed by atoms with E-state index in [1.165, 1.54) is 0 Å². The highest BCUT2D eigenvalue weighted by Crippen LogP contribution is 2.15. The number of amides is 1. The van der Waals surface area contributed by atoms with Crippen molar-refractivity contribution < 1.29 is 14.3 Å². The third-order valence-corrected chi connectivity index (χ3v) is 3.73. The van der Waals surface area contributed by atoms with Gasteiger partial charge in [-0.2, -0.15) is 0 Å². The highest BCUT2D eigenvalue weighted by atomic mass is 16.5. The number of nitrogens with zero attached hydrogens (tertiary/aromatic N) is 2. The van der Waals surface area contributed by atoms with E-state index >= 15 is 0 Å². The summed E-state index contributed by atoms with van der Waals surface area (Å²) in [5, 5.41) is 0. The Hall–Kier alpha value is -1.59. The fourth-order valence-corrected chi connectivity index (χ4v) is 2.45. The summed E-state index contributed by atoms with van der Waals surface area (Å²) in [6.45, 7) is 7.81. The number of ether oxygens (including phenoxy) is 2. The van der Waals surface area contributed by atoms with Crippen LogP contribution in [0.2, 0.25) is 0 Å². The molecule has 0 radical (unpaired) electrons. The molecule has 5 nitrogen and oxygen atoms in total. The summed E-state index contributed by atoms with van der Waals surface area (Å²) in [5.41, 5.74) is 0.692. The molecule has 0 aliphatic carbocycles. The maximum atomic E-state index is 12.5. The number of methoxy groups -OCH3 is 1. The molecule has 1 aliphatic heterocycles. The van der Waals surface area contributed by atoms with Gasteiger partial charge in [-0.3, -0.25) is 9.69 Å². The van der Waals surface area contributed by atoms with Crippen molar-refractivity contribution in [3.8, 4) is 5.75 Å². The lowest BCUT2D eigenvalue weighted by atomic mass is 10.1. The Morgan fingerprint density at radius 1 is 1.24 bits per heavy atom. The molecule has 0 unspecified atom stereocenters. The van der Waals surface area contributed by atoms with Gasteiger partial charge in [0.2, 0.25) is 0 Å². The number of carbonyl (C=O) groups excluding carboxylic acids is 1. The van der Waals surface area contributed by atoms with Gasteiger partial charge in [-0.25, -0.2) is 0 Å². The minimum Gasteiger partial charge on any atom is -0.497 e. The van der Waals surface area contributed by atoms with E-state index < -0.39 is 0 Å². The molecule has 0 N–H and O–H groups in total. The molecule has 0 saturated carbocycles. The van der Waals surface area contributed by atoms with Gasteiger partial charge >= 0.3 is 0 Å².